The summed E-state index contributed by atoms with van der Waals surface area (Å²) in [6.07, 6.45) is 4.14. The van der Waals surface area contributed by atoms with Gasteiger partial charge in [-0.3, -0.25) is 4.90 Å². The molecule has 2 fully saturated rings. The smallest absolute Gasteiger partial charge is 0.0274 e. The fourth-order valence-corrected chi connectivity index (χ4v) is 4.89. The van der Waals surface area contributed by atoms with E-state index in [1.54, 1.807) is 0 Å². The first kappa shape index (κ1) is 14.5. The number of hydrogen-bond acceptors (Lipinski definition) is 4. The number of thiophene rings is 1. The summed E-state index contributed by atoms with van der Waals surface area (Å²) in [6, 6.07) is 3.15. The molecule has 112 valence electrons. The second-order valence-corrected chi connectivity index (χ2v) is 7.81. The lowest BCUT2D eigenvalue weighted by atomic mass is 9.84. The van der Waals surface area contributed by atoms with Crippen LogP contribution in [0.2, 0.25) is 0 Å². The molecule has 2 saturated heterocycles. The summed E-state index contributed by atoms with van der Waals surface area (Å²) < 4.78 is 0. The number of hydrogen-bond donors (Lipinski definition) is 1. The summed E-state index contributed by atoms with van der Waals surface area (Å²) in [5.41, 5.74) is 7.26. The predicted molar refractivity (Wildman–Crippen MR) is 86.0 cm³/mol. The van der Waals surface area contributed by atoms with Crippen molar-refractivity contribution in [3.05, 3.63) is 21.4 Å². The van der Waals surface area contributed by atoms with E-state index >= 15 is 0 Å². The Hall–Kier alpha value is -0.420. The SMILES string of the molecule is Cc1sc(CN)cc1CN1CCC2C(CCCN2C)C1. The molecule has 3 heterocycles. The van der Waals surface area contributed by atoms with Gasteiger partial charge in [-0.2, -0.15) is 0 Å². The average molecular weight is 293 g/mol. The van der Waals surface area contributed by atoms with Crippen LogP contribution in [-0.2, 0) is 13.1 Å². The molecule has 4 heteroatoms. The van der Waals surface area contributed by atoms with Crippen molar-refractivity contribution in [2.75, 3.05) is 26.7 Å². The van der Waals surface area contributed by atoms with Crippen LogP contribution in [0.5, 0.6) is 0 Å². The maximum atomic E-state index is 5.76. The highest BCUT2D eigenvalue weighted by Gasteiger charge is 2.34. The zero-order chi connectivity index (χ0) is 14.1. The maximum Gasteiger partial charge on any atom is 0.0274 e. The largest absolute Gasteiger partial charge is 0.326 e. The second-order valence-electron chi connectivity index (χ2n) is 6.47. The summed E-state index contributed by atoms with van der Waals surface area (Å²) in [4.78, 5) is 8.03. The molecule has 2 aliphatic heterocycles. The Kier molecular flexibility index (Phi) is 4.46. The highest BCUT2D eigenvalue weighted by molar-refractivity contribution is 7.12. The van der Waals surface area contributed by atoms with Gasteiger partial charge in [0.05, 0.1) is 0 Å². The minimum Gasteiger partial charge on any atom is -0.326 e. The van der Waals surface area contributed by atoms with Crippen molar-refractivity contribution >= 4 is 11.3 Å². The molecule has 0 saturated carbocycles. The van der Waals surface area contributed by atoms with Crippen LogP contribution < -0.4 is 5.73 Å². The minimum atomic E-state index is 0.682. The fraction of sp³-hybridized carbons (Fsp3) is 0.750. The molecule has 2 N–H and O–H groups in total. The molecular formula is C16H27N3S. The second kappa shape index (κ2) is 6.14. The minimum absolute atomic E-state index is 0.682. The van der Waals surface area contributed by atoms with E-state index in [0.29, 0.717) is 6.54 Å². The van der Waals surface area contributed by atoms with Crippen LogP contribution in [0.15, 0.2) is 6.07 Å². The van der Waals surface area contributed by atoms with Crippen LogP contribution in [-0.4, -0.2) is 42.5 Å². The first-order chi connectivity index (χ1) is 9.67. The van der Waals surface area contributed by atoms with Gasteiger partial charge in [0.15, 0.2) is 0 Å². The highest BCUT2D eigenvalue weighted by Crippen LogP contribution is 2.31. The van der Waals surface area contributed by atoms with E-state index in [1.807, 2.05) is 11.3 Å². The van der Waals surface area contributed by atoms with Crippen LogP contribution in [0.4, 0.5) is 0 Å². The van der Waals surface area contributed by atoms with Crippen molar-refractivity contribution in [3.63, 3.8) is 0 Å². The molecule has 0 aromatic carbocycles. The van der Waals surface area contributed by atoms with E-state index in [4.69, 9.17) is 5.73 Å². The van der Waals surface area contributed by atoms with Crippen molar-refractivity contribution in [2.45, 2.75) is 45.3 Å². The number of fused-ring (bicyclic) bond motifs is 1. The summed E-state index contributed by atoms with van der Waals surface area (Å²) in [6.45, 7) is 7.86. The third kappa shape index (κ3) is 2.93. The van der Waals surface area contributed by atoms with E-state index in [-0.39, 0.29) is 0 Å². The lowest BCUT2D eigenvalue weighted by Crippen LogP contribution is -2.52. The van der Waals surface area contributed by atoms with Crippen molar-refractivity contribution in [1.29, 1.82) is 0 Å². The Morgan fingerprint density at radius 2 is 2.20 bits per heavy atom. The van der Waals surface area contributed by atoms with Gasteiger partial charge in [0.25, 0.3) is 0 Å². The molecule has 20 heavy (non-hydrogen) atoms. The molecular weight excluding hydrogens is 266 g/mol. The number of likely N-dealkylation sites (tertiary alicyclic amines) is 2. The van der Waals surface area contributed by atoms with Crippen molar-refractivity contribution < 1.29 is 0 Å². The van der Waals surface area contributed by atoms with Gasteiger partial charge in [-0.05, 0) is 63.9 Å². The first-order valence-corrected chi connectivity index (χ1v) is 8.70. The van der Waals surface area contributed by atoms with Crippen LogP contribution >= 0.6 is 11.3 Å². The van der Waals surface area contributed by atoms with Gasteiger partial charge in [0.1, 0.15) is 0 Å². The lowest BCUT2D eigenvalue weighted by Gasteiger charge is -2.46. The predicted octanol–water partition coefficient (Wildman–Crippen LogP) is 2.43. The summed E-state index contributed by atoms with van der Waals surface area (Å²) in [7, 11) is 2.31. The maximum absolute atomic E-state index is 5.76. The standard InChI is InChI=1S/C16H27N3S/c1-12-14(8-15(9-17)20-12)11-19-7-5-16-13(10-19)4-3-6-18(16)2/h8,13,16H,3-7,9-11,17H2,1-2H3. The van der Waals surface area contributed by atoms with Crippen molar-refractivity contribution in [1.82, 2.24) is 9.80 Å². The van der Waals surface area contributed by atoms with Crippen LogP contribution in [0.3, 0.4) is 0 Å². The molecule has 2 aliphatic rings. The lowest BCUT2D eigenvalue weighted by molar-refractivity contribution is 0.0355. The van der Waals surface area contributed by atoms with Gasteiger partial charge in [-0.25, -0.2) is 0 Å². The zero-order valence-electron chi connectivity index (χ0n) is 12.8. The molecule has 3 nitrogen and oxygen atoms in total. The highest BCUT2D eigenvalue weighted by atomic mass is 32.1. The van der Waals surface area contributed by atoms with Crippen LogP contribution in [0.25, 0.3) is 0 Å². The number of aryl methyl sites for hydroxylation is 1. The van der Waals surface area contributed by atoms with Gasteiger partial charge < -0.3 is 10.6 Å². The molecule has 0 bridgehead atoms. The topological polar surface area (TPSA) is 32.5 Å². The number of nitrogens with zero attached hydrogens (tertiary/aromatic N) is 2. The van der Waals surface area contributed by atoms with E-state index in [2.05, 4.69) is 29.8 Å². The van der Waals surface area contributed by atoms with Crippen molar-refractivity contribution in [2.24, 2.45) is 11.7 Å². The normalized spacial score (nSPS) is 28.6. The molecule has 2 unspecified atom stereocenters. The quantitative estimate of drug-likeness (QED) is 0.929. The van der Waals surface area contributed by atoms with E-state index in [0.717, 1.165) is 18.5 Å². The molecule has 0 amide bonds. The summed E-state index contributed by atoms with van der Waals surface area (Å²) in [5.74, 6) is 0.885. The Balaban J connectivity index is 1.63. The van der Waals surface area contributed by atoms with E-state index < -0.39 is 0 Å². The monoisotopic (exact) mass is 293 g/mol. The Morgan fingerprint density at radius 3 is 2.95 bits per heavy atom. The molecule has 3 rings (SSSR count). The van der Waals surface area contributed by atoms with E-state index in [9.17, 15) is 0 Å². The first-order valence-electron chi connectivity index (χ1n) is 7.88. The molecule has 1 aromatic heterocycles. The third-order valence-corrected chi connectivity index (χ3v) is 6.21. The molecule has 0 spiro atoms. The Labute approximate surface area is 126 Å². The molecule has 0 radical (unpaired) electrons. The fourth-order valence-electron chi connectivity index (χ4n) is 3.96. The van der Waals surface area contributed by atoms with Crippen molar-refractivity contribution in [3.8, 4) is 0 Å². The number of nitrogens with two attached hydrogens (primary N) is 1. The van der Waals surface area contributed by atoms with Gasteiger partial charge in [0.2, 0.25) is 0 Å². The summed E-state index contributed by atoms with van der Waals surface area (Å²) >= 11 is 1.87. The number of rotatable bonds is 3. The average Bonchev–Trinajstić information content (AvgIpc) is 2.80. The Bertz CT molecular complexity index is 457. The third-order valence-electron chi connectivity index (χ3n) is 5.10. The molecule has 0 aliphatic carbocycles. The number of piperidine rings is 2. The van der Waals surface area contributed by atoms with Gasteiger partial charge in [-0.15, -0.1) is 11.3 Å². The van der Waals surface area contributed by atoms with Gasteiger partial charge in [0, 0.05) is 35.4 Å². The zero-order valence-corrected chi connectivity index (χ0v) is 13.6. The Morgan fingerprint density at radius 1 is 1.35 bits per heavy atom. The van der Waals surface area contributed by atoms with E-state index in [1.165, 1.54) is 54.2 Å². The van der Waals surface area contributed by atoms with Crippen LogP contribution in [0, 0.1) is 12.8 Å². The summed E-state index contributed by atoms with van der Waals surface area (Å²) in [5, 5.41) is 0. The van der Waals surface area contributed by atoms with Crippen LogP contribution in [0.1, 0.15) is 34.6 Å². The molecule has 1 aromatic rings. The molecule has 2 atom stereocenters. The van der Waals surface area contributed by atoms with Gasteiger partial charge >= 0.3 is 0 Å². The van der Waals surface area contributed by atoms with Gasteiger partial charge in [-0.1, -0.05) is 0 Å².